The quantitative estimate of drug-likeness (QED) is 0.832. The van der Waals surface area contributed by atoms with Crippen LogP contribution in [0.25, 0.3) is 0 Å². The molecule has 1 atom stereocenters. The largest absolute Gasteiger partial charge is 0.493 e. The average Bonchev–Trinajstić information content (AvgIpc) is 2.38. The molecule has 0 spiro atoms. The van der Waals surface area contributed by atoms with Crippen LogP contribution in [0.2, 0.25) is 0 Å². The summed E-state index contributed by atoms with van der Waals surface area (Å²) >= 11 is 0. The van der Waals surface area contributed by atoms with Gasteiger partial charge in [-0.3, -0.25) is 0 Å². The summed E-state index contributed by atoms with van der Waals surface area (Å²) in [5, 5.41) is 0. The van der Waals surface area contributed by atoms with Gasteiger partial charge in [-0.15, -0.1) is 12.4 Å². The first-order valence-corrected chi connectivity index (χ1v) is 7.12. The first-order valence-electron chi connectivity index (χ1n) is 7.12. The summed E-state index contributed by atoms with van der Waals surface area (Å²) in [5.74, 6) is 1.78. The Morgan fingerprint density at radius 1 is 1.26 bits per heavy atom. The van der Waals surface area contributed by atoms with E-state index in [1.165, 1.54) is 43.6 Å². The van der Waals surface area contributed by atoms with Gasteiger partial charge in [-0.05, 0) is 50.9 Å². The van der Waals surface area contributed by atoms with Crippen LogP contribution in [0, 0.1) is 19.8 Å². The van der Waals surface area contributed by atoms with Gasteiger partial charge in [-0.25, -0.2) is 0 Å². The molecular formula is C16H26ClNO. The summed E-state index contributed by atoms with van der Waals surface area (Å²) in [6, 6.07) is 6.35. The summed E-state index contributed by atoms with van der Waals surface area (Å²) in [4.78, 5) is 2.53. The molecule has 3 heteroatoms. The molecule has 1 unspecified atom stereocenters. The van der Waals surface area contributed by atoms with E-state index < -0.39 is 0 Å². The summed E-state index contributed by atoms with van der Waals surface area (Å²) in [5.41, 5.74) is 2.50. The molecule has 0 aliphatic carbocycles. The standard InChI is InChI=1S/C16H25NO.ClH/c1-4-17-10-6-9-15(11-17)12-18-16-13(2)7-5-8-14(16)3;/h5,7-8,15H,4,6,9-12H2,1-3H3;1H. The highest BCUT2D eigenvalue weighted by Crippen LogP contribution is 2.24. The van der Waals surface area contributed by atoms with E-state index in [0.29, 0.717) is 5.92 Å². The van der Waals surface area contributed by atoms with Crippen molar-refractivity contribution in [2.75, 3.05) is 26.2 Å². The third-order valence-corrected chi connectivity index (χ3v) is 3.92. The van der Waals surface area contributed by atoms with Crippen LogP contribution in [0.4, 0.5) is 0 Å². The van der Waals surface area contributed by atoms with Crippen LogP contribution in [-0.4, -0.2) is 31.1 Å². The predicted molar refractivity (Wildman–Crippen MR) is 83.5 cm³/mol. The molecule has 2 rings (SSSR count). The van der Waals surface area contributed by atoms with Gasteiger partial charge in [0.2, 0.25) is 0 Å². The number of hydrogen-bond acceptors (Lipinski definition) is 2. The van der Waals surface area contributed by atoms with Crippen LogP contribution in [0.3, 0.4) is 0 Å². The lowest BCUT2D eigenvalue weighted by Gasteiger charge is -2.31. The van der Waals surface area contributed by atoms with Gasteiger partial charge in [0.25, 0.3) is 0 Å². The van der Waals surface area contributed by atoms with Gasteiger partial charge in [0.15, 0.2) is 0 Å². The Kier molecular flexibility index (Phi) is 6.67. The third-order valence-electron chi connectivity index (χ3n) is 3.92. The van der Waals surface area contributed by atoms with Crippen molar-refractivity contribution in [1.29, 1.82) is 0 Å². The highest BCUT2D eigenvalue weighted by atomic mass is 35.5. The molecular weight excluding hydrogens is 258 g/mol. The van der Waals surface area contributed by atoms with E-state index in [1.807, 2.05) is 0 Å². The average molecular weight is 284 g/mol. The summed E-state index contributed by atoms with van der Waals surface area (Å²) in [6.07, 6.45) is 2.62. The Labute approximate surface area is 123 Å². The molecule has 1 fully saturated rings. The minimum Gasteiger partial charge on any atom is -0.493 e. The molecule has 1 saturated heterocycles. The third kappa shape index (κ3) is 4.39. The number of benzene rings is 1. The van der Waals surface area contributed by atoms with Crippen LogP contribution < -0.4 is 4.74 Å². The van der Waals surface area contributed by atoms with E-state index in [1.54, 1.807) is 0 Å². The van der Waals surface area contributed by atoms with Crippen molar-refractivity contribution in [3.8, 4) is 5.75 Å². The maximum absolute atomic E-state index is 6.07. The van der Waals surface area contributed by atoms with E-state index in [9.17, 15) is 0 Å². The van der Waals surface area contributed by atoms with Gasteiger partial charge in [0, 0.05) is 12.5 Å². The number of hydrogen-bond donors (Lipinski definition) is 0. The minimum atomic E-state index is 0. The van der Waals surface area contributed by atoms with Gasteiger partial charge in [-0.2, -0.15) is 0 Å². The highest BCUT2D eigenvalue weighted by Gasteiger charge is 2.19. The normalized spacial score (nSPS) is 19.8. The van der Waals surface area contributed by atoms with Gasteiger partial charge < -0.3 is 9.64 Å². The van der Waals surface area contributed by atoms with Crippen molar-refractivity contribution in [2.24, 2.45) is 5.92 Å². The predicted octanol–water partition coefficient (Wildman–Crippen LogP) is 3.84. The molecule has 0 amide bonds. The molecule has 0 N–H and O–H groups in total. The Balaban J connectivity index is 0.00000180. The van der Waals surface area contributed by atoms with E-state index in [4.69, 9.17) is 4.74 Å². The zero-order valence-electron chi connectivity index (χ0n) is 12.3. The molecule has 1 aliphatic rings. The van der Waals surface area contributed by atoms with Crippen molar-refractivity contribution < 1.29 is 4.74 Å². The molecule has 1 aliphatic heterocycles. The molecule has 1 heterocycles. The van der Waals surface area contributed by atoms with E-state index in [0.717, 1.165) is 12.4 Å². The molecule has 0 bridgehead atoms. The zero-order valence-corrected chi connectivity index (χ0v) is 13.1. The fraction of sp³-hybridized carbons (Fsp3) is 0.625. The van der Waals surface area contributed by atoms with Crippen LogP contribution >= 0.6 is 12.4 Å². The zero-order chi connectivity index (χ0) is 13.0. The van der Waals surface area contributed by atoms with Crippen molar-refractivity contribution in [1.82, 2.24) is 4.90 Å². The number of ether oxygens (including phenoxy) is 1. The molecule has 1 aromatic carbocycles. The number of likely N-dealkylation sites (tertiary alicyclic amines) is 1. The Morgan fingerprint density at radius 2 is 1.95 bits per heavy atom. The lowest BCUT2D eigenvalue weighted by atomic mass is 9.99. The first kappa shape index (κ1) is 16.3. The lowest BCUT2D eigenvalue weighted by molar-refractivity contribution is 0.134. The SMILES string of the molecule is CCN1CCCC(COc2c(C)cccc2C)C1.Cl. The molecule has 2 nitrogen and oxygen atoms in total. The minimum absolute atomic E-state index is 0. The van der Waals surface area contributed by atoms with Gasteiger partial charge >= 0.3 is 0 Å². The number of halogens is 1. The van der Waals surface area contributed by atoms with Crippen LogP contribution in [0.5, 0.6) is 5.75 Å². The number of aryl methyl sites for hydroxylation is 2. The van der Waals surface area contributed by atoms with Gasteiger partial charge in [-0.1, -0.05) is 25.1 Å². The number of rotatable bonds is 4. The smallest absolute Gasteiger partial charge is 0.125 e. The van der Waals surface area contributed by atoms with E-state index in [-0.39, 0.29) is 12.4 Å². The maximum atomic E-state index is 6.07. The first-order chi connectivity index (χ1) is 8.70. The monoisotopic (exact) mass is 283 g/mol. The van der Waals surface area contributed by atoms with E-state index in [2.05, 4.69) is 43.9 Å². The fourth-order valence-corrected chi connectivity index (χ4v) is 2.80. The van der Waals surface area contributed by atoms with Crippen molar-refractivity contribution in [2.45, 2.75) is 33.6 Å². The lowest BCUT2D eigenvalue weighted by Crippen LogP contribution is -2.37. The Bertz CT molecular complexity index is 374. The van der Waals surface area contributed by atoms with Crippen LogP contribution in [-0.2, 0) is 0 Å². The molecule has 0 aromatic heterocycles. The van der Waals surface area contributed by atoms with Crippen molar-refractivity contribution in [3.05, 3.63) is 29.3 Å². The summed E-state index contributed by atoms with van der Waals surface area (Å²) in [7, 11) is 0. The van der Waals surface area contributed by atoms with E-state index >= 15 is 0 Å². The van der Waals surface area contributed by atoms with Crippen molar-refractivity contribution >= 4 is 12.4 Å². The number of nitrogens with zero attached hydrogens (tertiary/aromatic N) is 1. The topological polar surface area (TPSA) is 12.5 Å². The van der Waals surface area contributed by atoms with Gasteiger partial charge in [0.05, 0.1) is 6.61 Å². The van der Waals surface area contributed by atoms with Crippen LogP contribution in [0.15, 0.2) is 18.2 Å². The maximum Gasteiger partial charge on any atom is 0.125 e. The Hall–Kier alpha value is -0.730. The second-order valence-electron chi connectivity index (χ2n) is 5.43. The molecule has 1 aromatic rings. The fourth-order valence-electron chi connectivity index (χ4n) is 2.80. The second-order valence-corrected chi connectivity index (χ2v) is 5.43. The summed E-state index contributed by atoms with van der Waals surface area (Å²) in [6.45, 7) is 11.0. The van der Waals surface area contributed by atoms with Crippen LogP contribution in [0.1, 0.15) is 30.9 Å². The van der Waals surface area contributed by atoms with Gasteiger partial charge in [0.1, 0.15) is 5.75 Å². The highest BCUT2D eigenvalue weighted by molar-refractivity contribution is 5.85. The molecule has 108 valence electrons. The summed E-state index contributed by atoms with van der Waals surface area (Å²) < 4.78 is 6.07. The molecule has 19 heavy (non-hydrogen) atoms. The molecule has 0 radical (unpaired) electrons. The second kappa shape index (κ2) is 7.76. The number of para-hydroxylation sites is 1. The number of piperidine rings is 1. The van der Waals surface area contributed by atoms with Crippen molar-refractivity contribution in [3.63, 3.8) is 0 Å². The molecule has 0 saturated carbocycles. The Morgan fingerprint density at radius 3 is 2.58 bits per heavy atom.